The van der Waals surface area contributed by atoms with E-state index in [4.69, 9.17) is 18.9 Å². The predicted molar refractivity (Wildman–Crippen MR) is 127 cm³/mol. The molecule has 1 rings (SSSR count). The first kappa shape index (κ1) is 29.5. The fourth-order valence-electron chi connectivity index (χ4n) is 3.27. The number of hydrogen-bond acceptors (Lipinski definition) is 9. The Morgan fingerprint density at radius 3 is 2.09 bits per heavy atom. The van der Waals surface area contributed by atoms with Crippen molar-refractivity contribution in [3.8, 4) is 5.75 Å². The van der Waals surface area contributed by atoms with Gasteiger partial charge in [0, 0.05) is 6.08 Å². The number of ether oxygens (including phenoxy) is 5. The van der Waals surface area contributed by atoms with E-state index in [1.54, 1.807) is 58.9 Å². The molecule has 1 aromatic rings. The summed E-state index contributed by atoms with van der Waals surface area (Å²) in [6, 6.07) is 5.18. The lowest BCUT2D eigenvalue weighted by Gasteiger charge is -2.36. The molecule has 0 aromatic heterocycles. The van der Waals surface area contributed by atoms with E-state index in [-0.39, 0.29) is 19.6 Å². The minimum Gasteiger partial charge on any atom is -0.497 e. The molecule has 1 N–H and O–H groups in total. The normalized spacial score (nSPS) is 12.4. The molecule has 10 nitrogen and oxygen atoms in total. The first-order valence-corrected chi connectivity index (χ1v) is 11.2. The molecular formula is C25H35NO9. The van der Waals surface area contributed by atoms with Crippen LogP contribution in [0.4, 0.5) is 4.79 Å². The smallest absolute Gasteiger partial charge is 0.408 e. The first-order valence-electron chi connectivity index (χ1n) is 11.2. The molecule has 0 aliphatic carbocycles. The summed E-state index contributed by atoms with van der Waals surface area (Å²) < 4.78 is 25.9. The number of methoxy groups -OCH3 is 2. The topological polar surface area (TPSA) is 126 Å². The van der Waals surface area contributed by atoms with Gasteiger partial charge in [0.15, 0.2) is 5.41 Å². The van der Waals surface area contributed by atoms with Gasteiger partial charge in [-0.1, -0.05) is 18.2 Å². The predicted octanol–water partition coefficient (Wildman–Crippen LogP) is 3.49. The van der Waals surface area contributed by atoms with Crippen LogP contribution in [0.15, 0.2) is 36.4 Å². The molecule has 0 aliphatic rings. The fraction of sp³-hybridized carbons (Fsp3) is 0.520. The molecule has 0 unspecified atom stereocenters. The Hall–Kier alpha value is -3.56. The molecule has 194 valence electrons. The van der Waals surface area contributed by atoms with Crippen LogP contribution in [-0.4, -0.2) is 57.0 Å². The fourth-order valence-corrected chi connectivity index (χ4v) is 3.27. The van der Waals surface area contributed by atoms with Crippen LogP contribution in [0.5, 0.6) is 5.75 Å². The molecule has 0 bridgehead atoms. The lowest BCUT2D eigenvalue weighted by Crippen LogP contribution is -2.53. The number of allylic oxidation sites excluding steroid dienone is 1. The van der Waals surface area contributed by atoms with Crippen LogP contribution in [0.1, 0.15) is 52.6 Å². The Balaban J connectivity index is 3.83. The Morgan fingerprint density at radius 2 is 1.60 bits per heavy atom. The lowest BCUT2D eigenvalue weighted by molar-refractivity contribution is -0.174. The monoisotopic (exact) mass is 493 g/mol. The molecule has 0 heterocycles. The summed E-state index contributed by atoms with van der Waals surface area (Å²) in [5.74, 6) is -2.16. The molecule has 1 atom stereocenters. The van der Waals surface area contributed by atoms with Crippen molar-refractivity contribution in [1.29, 1.82) is 0 Å². The third kappa shape index (κ3) is 8.31. The van der Waals surface area contributed by atoms with Gasteiger partial charge in [0.1, 0.15) is 11.4 Å². The number of nitrogens with one attached hydrogen (secondary N) is 1. The van der Waals surface area contributed by atoms with Gasteiger partial charge in [0.2, 0.25) is 0 Å². The highest BCUT2D eigenvalue weighted by Gasteiger charge is 2.56. The highest BCUT2D eigenvalue weighted by atomic mass is 16.6. The molecule has 0 saturated heterocycles. The van der Waals surface area contributed by atoms with Gasteiger partial charge in [-0.2, -0.15) is 0 Å². The van der Waals surface area contributed by atoms with E-state index in [1.165, 1.54) is 20.3 Å². The zero-order valence-electron chi connectivity index (χ0n) is 21.3. The Kier molecular flexibility index (Phi) is 11.2. The number of esters is 3. The Labute approximate surface area is 205 Å². The second-order valence-corrected chi connectivity index (χ2v) is 8.40. The van der Waals surface area contributed by atoms with Crippen LogP contribution in [0.25, 0.3) is 0 Å². The molecule has 35 heavy (non-hydrogen) atoms. The van der Waals surface area contributed by atoms with Gasteiger partial charge in [0.25, 0.3) is 0 Å². The highest BCUT2D eigenvalue weighted by Crippen LogP contribution is 2.42. The second-order valence-electron chi connectivity index (χ2n) is 8.40. The maximum absolute atomic E-state index is 13.5. The van der Waals surface area contributed by atoms with E-state index < -0.39 is 41.1 Å². The van der Waals surface area contributed by atoms with E-state index >= 15 is 0 Å². The SMILES string of the molecule is CCOC(=O)C(C/C=C/C(=O)OC)(C(=O)OCC)[C@H](NC(=O)OC(C)(C)C)c1cccc(OC)c1. The van der Waals surface area contributed by atoms with E-state index in [1.807, 2.05) is 0 Å². The van der Waals surface area contributed by atoms with Crippen LogP contribution in [0, 0.1) is 5.41 Å². The summed E-state index contributed by atoms with van der Waals surface area (Å²) in [6.45, 7) is 8.11. The number of amides is 1. The molecule has 0 spiro atoms. The molecule has 0 saturated carbocycles. The van der Waals surface area contributed by atoms with Crippen molar-refractivity contribution in [2.45, 2.75) is 52.7 Å². The van der Waals surface area contributed by atoms with Crippen molar-refractivity contribution in [1.82, 2.24) is 5.32 Å². The van der Waals surface area contributed by atoms with Gasteiger partial charge in [-0.05, 0) is 58.7 Å². The lowest BCUT2D eigenvalue weighted by atomic mass is 9.73. The van der Waals surface area contributed by atoms with E-state index in [0.29, 0.717) is 11.3 Å². The quantitative estimate of drug-likeness (QED) is 0.213. The van der Waals surface area contributed by atoms with Crippen molar-refractivity contribution < 1.29 is 42.9 Å². The van der Waals surface area contributed by atoms with Gasteiger partial charge in [-0.15, -0.1) is 0 Å². The molecule has 1 amide bonds. The van der Waals surface area contributed by atoms with Gasteiger partial charge in [0.05, 0.1) is 33.5 Å². The van der Waals surface area contributed by atoms with Crippen molar-refractivity contribution >= 4 is 24.0 Å². The van der Waals surface area contributed by atoms with Gasteiger partial charge in [-0.25, -0.2) is 9.59 Å². The standard InChI is InChI=1S/C25H35NO9/c1-8-33-21(28)25(22(29)34-9-2,15-11-14-19(27)32-7)20(26-23(30)35-24(3,4)5)17-12-10-13-18(16-17)31-6/h10-14,16,20H,8-9,15H2,1-7H3,(H,26,30)/b14-11+/t20-/m1/s1. The number of benzene rings is 1. The van der Waals surface area contributed by atoms with Gasteiger partial charge in [-0.3, -0.25) is 9.59 Å². The Bertz CT molecular complexity index is 900. The van der Waals surface area contributed by atoms with Crippen LogP contribution in [-0.2, 0) is 33.3 Å². The van der Waals surface area contributed by atoms with E-state index in [0.717, 1.165) is 6.08 Å². The van der Waals surface area contributed by atoms with Gasteiger partial charge >= 0.3 is 24.0 Å². The molecule has 0 aliphatic heterocycles. The molecule has 1 aromatic carbocycles. The average Bonchev–Trinajstić information content (AvgIpc) is 2.79. The number of carbonyl (C=O) groups excluding carboxylic acids is 4. The summed E-state index contributed by atoms with van der Waals surface area (Å²) >= 11 is 0. The van der Waals surface area contributed by atoms with Crippen molar-refractivity contribution in [2.75, 3.05) is 27.4 Å². The van der Waals surface area contributed by atoms with Crippen molar-refractivity contribution in [3.63, 3.8) is 0 Å². The summed E-state index contributed by atoms with van der Waals surface area (Å²) in [4.78, 5) is 51.5. The zero-order valence-corrected chi connectivity index (χ0v) is 21.3. The van der Waals surface area contributed by atoms with Crippen molar-refractivity contribution in [3.05, 3.63) is 42.0 Å². The Morgan fingerprint density at radius 1 is 1.00 bits per heavy atom. The minimum absolute atomic E-state index is 0.0437. The van der Waals surface area contributed by atoms with E-state index in [9.17, 15) is 19.2 Å². The maximum Gasteiger partial charge on any atom is 0.408 e. The summed E-state index contributed by atoms with van der Waals surface area (Å²) in [5, 5.41) is 2.64. The summed E-state index contributed by atoms with van der Waals surface area (Å²) in [6.07, 6.45) is 1.14. The van der Waals surface area contributed by atoms with Gasteiger partial charge < -0.3 is 29.0 Å². The van der Waals surface area contributed by atoms with Crippen LogP contribution >= 0.6 is 0 Å². The zero-order chi connectivity index (χ0) is 26.6. The number of carbonyl (C=O) groups is 4. The van der Waals surface area contributed by atoms with Crippen LogP contribution in [0.2, 0.25) is 0 Å². The highest BCUT2D eigenvalue weighted by molar-refractivity contribution is 6.02. The number of alkyl carbamates (subject to hydrolysis) is 1. The maximum atomic E-state index is 13.5. The van der Waals surface area contributed by atoms with Crippen LogP contribution in [0.3, 0.4) is 0 Å². The van der Waals surface area contributed by atoms with E-state index in [2.05, 4.69) is 10.1 Å². The molecular weight excluding hydrogens is 458 g/mol. The largest absolute Gasteiger partial charge is 0.497 e. The molecule has 10 heteroatoms. The summed E-state index contributed by atoms with van der Waals surface area (Å²) in [7, 11) is 2.65. The third-order valence-electron chi connectivity index (χ3n) is 4.76. The number of hydrogen-bond donors (Lipinski definition) is 1. The third-order valence-corrected chi connectivity index (χ3v) is 4.76. The molecule has 0 radical (unpaired) electrons. The average molecular weight is 494 g/mol. The summed E-state index contributed by atoms with van der Waals surface area (Å²) in [5.41, 5.74) is -2.62. The van der Waals surface area contributed by atoms with Crippen LogP contribution < -0.4 is 10.1 Å². The first-order chi connectivity index (χ1) is 16.4. The number of rotatable bonds is 11. The van der Waals surface area contributed by atoms with Crippen molar-refractivity contribution in [2.24, 2.45) is 5.41 Å². The minimum atomic E-state index is -2.11. The second kappa shape index (κ2) is 13.4. The molecule has 0 fully saturated rings.